The van der Waals surface area contributed by atoms with Crippen LogP contribution in [0.5, 0.6) is 11.5 Å². The third kappa shape index (κ3) is 5.57. The first-order valence-corrected chi connectivity index (χ1v) is 13.1. The molecule has 0 saturated carbocycles. The number of amides is 2. The van der Waals surface area contributed by atoms with Crippen LogP contribution in [0.2, 0.25) is 0 Å². The molecule has 0 bridgehead atoms. The van der Waals surface area contributed by atoms with Gasteiger partial charge in [0.2, 0.25) is 5.91 Å². The summed E-state index contributed by atoms with van der Waals surface area (Å²) in [4.78, 5) is 29.9. The summed E-state index contributed by atoms with van der Waals surface area (Å²) in [5.74, 6) is 0.880. The topological polar surface area (TPSA) is 92.6 Å². The average Bonchev–Trinajstić information content (AvgIpc) is 3.53. The van der Waals surface area contributed by atoms with Gasteiger partial charge in [0.1, 0.15) is 16.7 Å². The van der Waals surface area contributed by atoms with Crippen molar-refractivity contribution in [2.45, 2.75) is 31.1 Å². The van der Waals surface area contributed by atoms with Gasteiger partial charge in [-0.05, 0) is 54.4 Å². The van der Waals surface area contributed by atoms with E-state index in [1.807, 2.05) is 36.2 Å². The van der Waals surface area contributed by atoms with Gasteiger partial charge in [0.25, 0.3) is 5.91 Å². The van der Waals surface area contributed by atoms with Gasteiger partial charge in [0.05, 0.1) is 26.0 Å². The molecule has 2 amide bonds. The Bertz CT molecular complexity index is 1390. The van der Waals surface area contributed by atoms with E-state index in [2.05, 4.69) is 34.6 Å². The summed E-state index contributed by atoms with van der Waals surface area (Å²) in [5.41, 5.74) is 4.80. The Morgan fingerprint density at radius 1 is 0.974 bits per heavy atom. The summed E-state index contributed by atoms with van der Waals surface area (Å²) in [6, 6.07) is 23.0. The molecule has 0 unspecified atom stereocenters. The zero-order chi connectivity index (χ0) is 26.6. The minimum atomic E-state index is -0.613. The number of aliphatic imine (C=N–C) groups is 1. The number of nitrogens with zero attached hydrogens (tertiary/aromatic N) is 3. The Morgan fingerprint density at radius 3 is 2.24 bits per heavy atom. The number of anilines is 1. The van der Waals surface area contributed by atoms with Gasteiger partial charge in [-0.15, -0.1) is 0 Å². The summed E-state index contributed by atoms with van der Waals surface area (Å²) in [6.45, 7) is 2.05. The number of hydrazone groups is 1. The molecule has 5 rings (SSSR count). The van der Waals surface area contributed by atoms with Crippen molar-refractivity contribution in [3.05, 3.63) is 89.5 Å². The Morgan fingerprint density at radius 2 is 1.61 bits per heavy atom. The third-order valence-electron chi connectivity index (χ3n) is 6.47. The van der Waals surface area contributed by atoms with E-state index in [4.69, 9.17) is 14.6 Å². The number of hydrogen-bond donors (Lipinski definition) is 1. The molecule has 0 aromatic heterocycles. The van der Waals surface area contributed by atoms with Crippen molar-refractivity contribution in [2.75, 3.05) is 19.5 Å². The zero-order valence-corrected chi connectivity index (χ0v) is 22.2. The SMILES string of the molecule is COc1ccc(NC(=O)C[C@@H]2SC(N3N=C(c4ccc(C)cc4)C[C@@H]3c3ccc(OC)cc3)=NC2=O)cc1. The van der Waals surface area contributed by atoms with Gasteiger partial charge in [0.15, 0.2) is 5.17 Å². The van der Waals surface area contributed by atoms with Crippen molar-refractivity contribution in [1.82, 2.24) is 5.01 Å². The van der Waals surface area contributed by atoms with Crippen molar-refractivity contribution in [3.63, 3.8) is 0 Å². The van der Waals surface area contributed by atoms with Crippen molar-refractivity contribution in [1.29, 1.82) is 0 Å². The van der Waals surface area contributed by atoms with Crippen LogP contribution in [0.15, 0.2) is 82.9 Å². The van der Waals surface area contributed by atoms with Crippen LogP contribution >= 0.6 is 11.8 Å². The van der Waals surface area contributed by atoms with E-state index in [0.717, 1.165) is 22.6 Å². The number of methoxy groups -OCH3 is 2. The van der Waals surface area contributed by atoms with Crippen molar-refractivity contribution in [2.24, 2.45) is 10.1 Å². The van der Waals surface area contributed by atoms with E-state index >= 15 is 0 Å². The lowest BCUT2D eigenvalue weighted by Crippen LogP contribution is -2.25. The molecule has 3 aromatic carbocycles. The van der Waals surface area contributed by atoms with Gasteiger partial charge in [-0.3, -0.25) is 9.59 Å². The molecule has 194 valence electrons. The van der Waals surface area contributed by atoms with E-state index in [1.54, 1.807) is 38.5 Å². The van der Waals surface area contributed by atoms with Crippen LogP contribution in [0.4, 0.5) is 5.69 Å². The number of rotatable bonds is 7. The molecule has 0 radical (unpaired) electrons. The molecule has 2 aliphatic rings. The second-order valence-corrected chi connectivity index (χ2v) is 10.2. The van der Waals surface area contributed by atoms with Gasteiger partial charge in [-0.1, -0.05) is 53.7 Å². The van der Waals surface area contributed by atoms with Gasteiger partial charge in [-0.2, -0.15) is 10.1 Å². The van der Waals surface area contributed by atoms with Crippen LogP contribution in [0.1, 0.15) is 35.6 Å². The lowest BCUT2D eigenvalue weighted by molar-refractivity contribution is -0.121. The zero-order valence-electron chi connectivity index (χ0n) is 21.4. The van der Waals surface area contributed by atoms with Gasteiger partial charge in [-0.25, -0.2) is 5.01 Å². The Balaban J connectivity index is 1.33. The highest BCUT2D eigenvalue weighted by Crippen LogP contribution is 2.39. The van der Waals surface area contributed by atoms with E-state index in [1.165, 1.54) is 17.3 Å². The third-order valence-corrected chi connectivity index (χ3v) is 7.61. The lowest BCUT2D eigenvalue weighted by atomic mass is 9.98. The average molecular weight is 529 g/mol. The molecule has 2 atom stereocenters. The second-order valence-electron chi connectivity index (χ2n) is 9.07. The molecule has 0 saturated heterocycles. The van der Waals surface area contributed by atoms with Gasteiger partial charge < -0.3 is 14.8 Å². The number of benzene rings is 3. The molecule has 0 aliphatic carbocycles. The van der Waals surface area contributed by atoms with Crippen molar-refractivity contribution >= 4 is 40.1 Å². The summed E-state index contributed by atoms with van der Waals surface area (Å²) in [6.07, 6.45) is 0.671. The van der Waals surface area contributed by atoms with Crippen LogP contribution in [-0.4, -0.2) is 47.2 Å². The summed E-state index contributed by atoms with van der Waals surface area (Å²) < 4.78 is 10.5. The monoisotopic (exact) mass is 528 g/mol. The molecule has 0 fully saturated rings. The molecule has 0 spiro atoms. The minimum Gasteiger partial charge on any atom is -0.497 e. The van der Waals surface area contributed by atoms with Crippen LogP contribution < -0.4 is 14.8 Å². The molecule has 2 heterocycles. The molecule has 2 aliphatic heterocycles. The minimum absolute atomic E-state index is 0.0120. The number of amidine groups is 1. The van der Waals surface area contributed by atoms with Crippen LogP contribution in [-0.2, 0) is 9.59 Å². The smallest absolute Gasteiger partial charge is 0.262 e. The molecular weight excluding hydrogens is 500 g/mol. The lowest BCUT2D eigenvalue weighted by Gasteiger charge is -2.23. The van der Waals surface area contributed by atoms with E-state index < -0.39 is 5.25 Å². The molecule has 38 heavy (non-hydrogen) atoms. The standard InChI is InChI=1S/C29H28N4O4S/c1-18-4-6-19(7-5-18)24-16-25(20-8-12-22(36-2)13-9-20)33(32-24)29-31-28(35)26(38-29)17-27(34)30-21-10-14-23(37-3)15-11-21/h4-15,25-26H,16-17H2,1-3H3,(H,30,34)/t25-,26+/m1/s1. The maximum atomic E-state index is 12.8. The Kier molecular flexibility index (Phi) is 7.46. The maximum absolute atomic E-state index is 12.8. The number of nitrogens with one attached hydrogen (secondary N) is 1. The molecule has 1 N–H and O–H groups in total. The summed E-state index contributed by atoms with van der Waals surface area (Å²) in [5, 5.41) is 9.45. The first kappa shape index (κ1) is 25.5. The van der Waals surface area contributed by atoms with Crippen LogP contribution in [0.25, 0.3) is 0 Å². The summed E-state index contributed by atoms with van der Waals surface area (Å²) in [7, 11) is 3.22. The fourth-order valence-corrected chi connectivity index (χ4v) is 5.41. The number of carbonyl (C=O) groups is 2. The first-order valence-electron chi connectivity index (χ1n) is 12.2. The fraction of sp³-hybridized carbons (Fsp3) is 0.241. The normalized spacial score (nSPS) is 18.7. The maximum Gasteiger partial charge on any atom is 0.262 e. The fourth-order valence-electron chi connectivity index (χ4n) is 4.35. The number of carbonyl (C=O) groups excluding carboxylic acids is 2. The van der Waals surface area contributed by atoms with Crippen molar-refractivity contribution < 1.29 is 19.1 Å². The molecule has 8 nitrogen and oxygen atoms in total. The van der Waals surface area contributed by atoms with Crippen LogP contribution in [0, 0.1) is 6.92 Å². The quantitative estimate of drug-likeness (QED) is 0.454. The Hall–Kier alpha value is -4.11. The van der Waals surface area contributed by atoms with Gasteiger partial charge in [0, 0.05) is 18.5 Å². The highest BCUT2D eigenvalue weighted by molar-refractivity contribution is 8.15. The van der Waals surface area contributed by atoms with Crippen LogP contribution in [0.3, 0.4) is 0 Å². The number of thioether (sulfide) groups is 1. The molecule has 3 aromatic rings. The second kappa shape index (κ2) is 11.1. The van der Waals surface area contributed by atoms with Gasteiger partial charge >= 0.3 is 0 Å². The highest BCUT2D eigenvalue weighted by atomic mass is 32.2. The molecule has 9 heteroatoms. The number of aryl methyl sites for hydroxylation is 1. The first-order chi connectivity index (χ1) is 18.4. The Labute approximate surface area is 225 Å². The predicted octanol–water partition coefficient (Wildman–Crippen LogP) is 5.19. The summed E-state index contributed by atoms with van der Waals surface area (Å²) >= 11 is 1.28. The number of ether oxygens (including phenoxy) is 2. The van der Waals surface area contributed by atoms with E-state index in [-0.39, 0.29) is 24.3 Å². The largest absolute Gasteiger partial charge is 0.497 e. The number of hydrogen-bond acceptors (Lipinski definition) is 7. The van der Waals surface area contributed by atoms with Crippen molar-refractivity contribution in [3.8, 4) is 11.5 Å². The van der Waals surface area contributed by atoms with E-state index in [9.17, 15) is 9.59 Å². The predicted molar refractivity (Wildman–Crippen MR) is 150 cm³/mol. The molecular formula is C29H28N4O4S. The highest BCUT2D eigenvalue weighted by Gasteiger charge is 2.39. The van der Waals surface area contributed by atoms with E-state index in [0.29, 0.717) is 23.0 Å².